The van der Waals surface area contributed by atoms with Crippen molar-refractivity contribution in [1.82, 2.24) is 5.32 Å². The fraction of sp³-hybridized carbons (Fsp3) is 0.889. The van der Waals surface area contributed by atoms with Crippen LogP contribution >= 0.6 is 0 Å². The zero-order valence-electron chi connectivity index (χ0n) is 9.12. The molecule has 0 rings (SSSR count). The van der Waals surface area contributed by atoms with Gasteiger partial charge in [-0.1, -0.05) is 19.0 Å². The molecule has 5 N–H and O–H groups in total. The lowest BCUT2D eigenvalue weighted by Gasteiger charge is -2.33. The van der Waals surface area contributed by atoms with E-state index in [0.29, 0.717) is 0 Å². The molecule has 0 aromatic rings. The predicted octanol–water partition coefficient (Wildman–Crippen LogP) is 0.262. The van der Waals surface area contributed by atoms with Gasteiger partial charge in [0.25, 0.3) is 0 Å². The fourth-order valence-electron chi connectivity index (χ4n) is 1.34. The maximum absolute atomic E-state index is 9.27. The van der Waals surface area contributed by atoms with Crippen LogP contribution in [-0.2, 0) is 0 Å². The highest BCUT2D eigenvalue weighted by Crippen LogP contribution is 2.14. The summed E-state index contributed by atoms with van der Waals surface area (Å²) in [5, 5.41) is 23.8. The Morgan fingerprint density at radius 3 is 2.29 bits per heavy atom. The van der Waals surface area contributed by atoms with Crippen LogP contribution in [0, 0.1) is 0 Å². The highest BCUT2D eigenvalue weighted by atomic mass is 16.4. The van der Waals surface area contributed by atoms with Crippen LogP contribution in [0.2, 0.25) is 0 Å². The monoisotopic (exact) mass is 203 g/mol. The first-order chi connectivity index (χ1) is 6.55. The van der Waals surface area contributed by atoms with Crippen LogP contribution in [0.15, 0.2) is 5.16 Å². The number of amidine groups is 1. The third-order valence-corrected chi connectivity index (χ3v) is 2.74. The molecule has 0 saturated carbocycles. The first-order valence-electron chi connectivity index (χ1n) is 4.91. The minimum absolute atomic E-state index is 0.0447. The summed E-state index contributed by atoms with van der Waals surface area (Å²) in [4.78, 5) is 0. The molecule has 5 nitrogen and oxygen atoms in total. The van der Waals surface area contributed by atoms with Crippen LogP contribution < -0.4 is 11.1 Å². The second kappa shape index (κ2) is 5.82. The SMILES string of the molecule is CCC(CC)(CO)NC(C)C(N)=NO. The topological polar surface area (TPSA) is 90.9 Å². The fourth-order valence-corrected chi connectivity index (χ4v) is 1.34. The van der Waals surface area contributed by atoms with E-state index in [1.165, 1.54) is 0 Å². The van der Waals surface area contributed by atoms with Crippen LogP contribution in [-0.4, -0.2) is 34.3 Å². The number of hydrogen-bond acceptors (Lipinski definition) is 4. The van der Waals surface area contributed by atoms with Gasteiger partial charge in [-0.25, -0.2) is 0 Å². The predicted molar refractivity (Wildman–Crippen MR) is 56.4 cm³/mol. The molecule has 0 spiro atoms. The van der Waals surface area contributed by atoms with E-state index in [1.807, 2.05) is 13.8 Å². The molecule has 0 heterocycles. The van der Waals surface area contributed by atoms with Crippen molar-refractivity contribution in [3.8, 4) is 0 Å². The standard InChI is InChI=1S/C9H21N3O2/c1-4-9(5-2,6-13)11-7(3)8(10)12-14/h7,11,13-14H,4-6H2,1-3H3,(H2,10,12). The average Bonchev–Trinajstić information content (AvgIpc) is 2.24. The summed E-state index contributed by atoms with van der Waals surface area (Å²) in [6.45, 7) is 5.82. The summed E-state index contributed by atoms with van der Waals surface area (Å²) >= 11 is 0. The van der Waals surface area contributed by atoms with E-state index in [1.54, 1.807) is 6.92 Å². The number of hydrogen-bond donors (Lipinski definition) is 4. The molecule has 14 heavy (non-hydrogen) atoms. The van der Waals surface area contributed by atoms with E-state index in [0.717, 1.165) is 12.8 Å². The second-order valence-electron chi connectivity index (χ2n) is 3.54. The Hall–Kier alpha value is -0.810. The Balaban J connectivity index is 4.44. The zero-order chi connectivity index (χ0) is 11.2. The number of aliphatic hydroxyl groups is 1. The third-order valence-electron chi connectivity index (χ3n) is 2.74. The number of nitrogens with zero attached hydrogens (tertiary/aromatic N) is 1. The third kappa shape index (κ3) is 3.16. The van der Waals surface area contributed by atoms with Gasteiger partial charge in [0.15, 0.2) is 5.84 Å². The van der Waals surface area contributed by atoms with Crippen molar-refractivity contribution < 1.29 is 10.3 Å². The second-order valence-corrected chi connectivity index (χ2v) is 3.54. The van der Waals surface area contributed by atoms with E-state index in [-0.39, 0.29) is 24.0 Å². The highest BCUT2D eigenvalue weighted by Gasteiger charge is 2.27. The van der Waals surface area contributed by atoms with Gasteiger partial charge >= 0.3 is 0 Å². The number of nitrogens with two attached hydrogens (primary N) is 1. The largest absolute Gasteiger partial charge is 0.409 e. The quantitative estimate of drug-likeness (QED) is 0.216. The Morgan fingerprint density at radius 2 is 2.00 bits per heavy atom. The van der Waals surface area contributed by atoms with Gasteiger partial charge in [0.2, 0.25) is 0 Å². The molecular weight excluding hydrogens is 182 g/mol. The lowest BCUT2D eigenvalue weighted by molar-refractivity contribution is 0.147. The van der Waals surface area contributed by atoms with Crippen LogP contribution in [0.3, 0.4) is 0 Å². The highest BCUT2D eigenvalue weighted by molar-refractivity contribution is 5.84. The van der Waals surface area contributed by atoms with Gasteiger partial charge in [-0.3, -0.25) is 5.32 Å². The Morgan fingerprint density at radius 1 is 1.50 bits per heavy atom. The van der Waals surface area contributed by atoms with E-state index in [4.69, 9.17) is 10.9 Å². The molecule has 1 unspecified atom stereocenters. The molecule has 0 aliphatic heterocycles. The Kier molecular flexibility index (Phi) is 5.49. The van der Waals surface area contributed by atoms with Gasteiger partial charge < -0.3 is 16.0 Å². The van der Waals surface area contributed by atoms with Crippen molar-refractivity contribution in [2.75, 3.05) is 6.61 Å². The first-order valence-corrected chi connectivity index (χ1v) is 4.91. The molecule has 0 amide bonds. The van der Waals surface area contributed by atoms with E-state index >= 15 is 0 Å². The Labute approximate surface area is 85.0 Å². The van der Waals surface area contributed by atoms with Crippen molar-refractivity contribution >= 4 is 5.84 Å². The van der Waals surface area contributed by atoms with E-state index < -0.39 is 0 Å². The smallest absolute Gasteiger partial charge is 0.156 e. The molecule has 0 aromatic heterocycles. The molecule has 0 aliphatic rings. The van der Waals surface area contributed by atoms with Crippen molar-refractivity contribution in [2.45, 2.75) is 45.2 Å². The van der Waals surface area contributed by atoms with Gasteiger partial charge in [-0.15, -0.1) is 0 Å². The van der Waals surface area contributed by atoms with Gasteiger partial charge in [0.1, 0.15) is 0 Å². The minimum atomic E-state index is -0.339. The van der Waals surface area contributed by atoms with Crippen LogP contribution in [0.5, 0.6) is 0 Å². The summed E-state index contributed by atoms with van der Waals surface area (Å²) in [6.07, 6.45) is 1.59. The summed E-state index contributed by atoms with van der Waals surface area (Å²) in [6, 6.07) is -0.243. The van der Waals surface area contributed by atoms with Crippen molar-refractivity contribution in [1.29, 1.82) is 0 Å². The van der Waals surface area contributed by atoms with Gasteiger partial charge in [-0.2, -0.15) is 0 Å². The summed E-state index contributed by atoms with van der Waals surface area (Å²) in [5.74, 6) is 0.129. The summed E-state index contributed by atoms with van der Waals surface area (Å²) in [5.41, 5.74) is 5.11. The molecule has 0 aliphatic carbocycles. The molecule has 1 atom stereocenters. The van der Waals surface area contributed by atoms with Crippen molar-refractivity contribution in [3.05, 3.63) is 0 Å². The van der Waals surface area contributed by atoms with Crippen LogP contribution in [0.1, 0.15) is 33.6 Å². The number of rotatable bonds is 6. The molecule has 0 bridgehead atoms. The lowest BCUT2D eigenvalue weighted by atomic mass is 9.93. The number of nitrogens with one attached hydrogen (secondary N) is 1. The number of aliphatic hydroxyl groups excluding tert-OH is 1. The molecule has 0 aromatic carbocycles. The van der Waals surface area contributed by atoms with Crippen molar-refractivity contribution in [2.24, 2.45) is 10.9 Å². The molecule has 5 heteroatoms. The van der Waals surface area contributed by atoms with Gasteiger partial charge in [-0.05, 0) is 19.8 Å². The van der Waals surface area contributed by atoms with E-state index in [9.17, 15) is 5.11 Å². The summed E-state index contributed by atoms with van der Waals surface area (Å²) in [7, 11) is 0. The first kappa shape index (κ1) is 13.2. The zero-order valence-corrected chi connectivity index (χ0v) is 9.12. The molecule has 0 radical (unpaired) electrons. The lowest BCUT2D eigenvalue weighted by Crippen LogP contribution is -2.55. The summed E-state index contributed by atoms with van der Waals surface area (Å²) < 4.78 is 0. The Bertz CT molecular complexity index is 182. The molecular formula is C9H21N3O2. The van der Waals surface area contributed by atoms with Crippen LogP contribution in [0.4, 0.5) is 0 Å². The maximum atomic E-state index is 9.27. The van der Waals surface area contributed by atoms with E-state index in [2.05, 4.69) is 10.5 Å². The average molecular weight is 203 g/mol. The van der Waals surface area contributed by atoms with Gasteiger partial charge in [0.05, 0.1) is 12.6 Å². The molecule has 84 valence electrons. The maximum Gasteiger partial charge on any atom is 0.156 e. The normalized spacial score (nSPS) is 15.6. The van der Waals surface area contributed by atoms with Gasteiger partial charge in [0, 0.05) is 5.54 Å². The van der Waals surface area contributed by atoms with Crippen molar-refractivity contribution in [3.63, 3.8) is 0 Å². The number of oxime groups is 1. The molecule has 0 saturated heterocycles. The minimum Gasteiger partial charge on any atom is -0.409 e. The van der Waals surface area contributed by atoms with Crippen LogP contribution in [0.25, 0.3) is 0 Å². The molecule has 0 fully saturated rings.